The summed E-state index contributed by atoms with van der Waals surface area (Å²) in [6, 6.07) is 0.528. The van der Waals surface area contributed by atoms with E-state index in [2.05, 4.69) is 38.0 Å². The molecular weight excluding hydrogens is 136 g/mol. The largest absolute Gasteiger partial charge is 0.369 e. The fourth-order valence-corrected chi connectivity index (χ4v) is 1.27. The molecular formula is C9H18N2. The first-order valence-electron chi connectivity index (χ1n) is 4.32. The molecule has 1 rings (SSSR count). The van der Waals surface area contributed by atoms with Gasteiger partial charge in [0.15, 0.2) is 0 Å². The Hall–Kier alpha value is -0.530. The Morgan fingerprint density at radius 1 is 1.45 bits per heavy atom. The normalized spacial score (nSPS) is 25.1. The Bertz CT molecular complexity index is 165. The van der Waals surface area contributed by atoms with Crippen LogP contribution in [0.15, 0.2) is 4.99 Å². The third-order valence-corrected chi connectivity index (χ3v) is 1.69. The average Bonchev–Trinajstić information content (AvgIpc) is 2.10. The molecule has 1 aliphatic rings. The highest BCUT2D eigenvalue weighted by Crippen LogP contribution is 2.12. The first-order valence-corrected chi connectivity index (χ1v) is 4.32. The van der Waals surface area contributed by atoms with Gasteiger partial charge >= 0.3 is 0 Å². The van der Waals surface area contributed by atoms with Crippen molar-refractivity contribution in [3.8, 4) is 0 Å². The van der Waals surface area contributed by atoms with Gasteiger partial charge in [0.25, 0.3) is 0 Å². The highest BCUT2D eigenvalue weighted by molar-refractivity contribution is 5.84. The molecule has 0 aromatic carbocycles. The molecule has 0 aliphatic carbocycles. The summed E-state index contributed by atoms with van der Waals surface area (Å²) < 4.78 is 0. The maximum atomic E-state index is 4.48. The van der Waals surface area contributed by atoms with Crippen LogP contribution in [0.4, 0.5) is 0 Å². The molecule has 1 atom stereocenters. The molecule has 0 spiro atoms. The quantitative estimate of drug-likeness (QED) is 0.566. The molecule has 11 heavy (non-hydrogen) atoms. The van der Waals surface area contributed by atoms with Crippen LogP contribution in [0, 0.1) is 0 Å². The second-order valence-corrected chi connectivity index (χ2v) is 4.34. The molecule has 2 nitrogen and oxygen atoms in total. The van der Waals surface area contributed by atoms with Crippen LogP contribution >= 0.6 is 0 Å². The Balaban J connectivity index is 2.45. The highest BCUT2D eigenvalue weighted by Gasteiger charge is 2.17. The van der Waals surface area contributed by atoms with Crippen molar-refractivity contribution in [2.24, 2.45) is 4.99 Å². The molecule has 0 aromatic heterocycles. The molecule has 0 amide bonds. The van der Waals surface area contributed by atoms with E-state index in [-0.39, 0.29) is 5.54 Å². The second kappa shape index (κ2) is 2.84. The lowest BCUT2D eigenvalue weighted by Crippen LogP contribution is -2.39. The minimum absolute atomic E-state index is 0.170. The molecule has 0 aromatic rings. The van der Waals surface area contributed by atoms with Gasteiger partial charge in [0.2, 0.25) is 0 Å². The molecule has 2 heteroatoms. The summed E-state index contributed by atoms with van der Waals surface area (Å²) >= 11 is 0. The molecule has 64 valence electrons. The minimum Gasteiger partial charge on any atom is -0.369 e. The molecule has 0 radical (unpaired) electrons. The van der Waals surface area contributed by atoms with E-state index in [0.29, 0.717) is 6.04 Å². The highest BCUT2D eigenvalue weighted by atomic mass is 15.1. The smallest absolute Gasteiger partial charge is 0.0971 e. The van der Waals surface area contributed by atoms with Crippen LogP contribution in [0.3, 0.4) is 0 Å². The Kier molecular flexibility index (Phi) is 2.21. The number of nitrogens with one attached hydrogen (secondary N) is 1. The van der Waals surface area contributed by atoms with Crippen molar-refractivity contribution in [3.05, 3.63) is 0 Å². The lowest BCUT2D eigenvalue weighted by Gasteiger charge is -2.21. The van der Waals surface area contributed by atoms with E-state index in [0.717, 1.165) is 6.42 Å². The fraction of sp³-hybridized carbons (Fsp3) is 0.889. The number of hydrogen-bond donors (Lipinski definition) is 1. The average molecular weight is 154 g/mol. The van der Waals surface area contributed by atoms with E-state index in [1.165, 1.54) is 12.3 Å². The molecule has 1 N–H and O–H groups in total. The van der Waals surface area contributed by atoms with Crippen molar-refractivity contribution in [1.29, 1.82) is 0 Å². The van der Waals surface area contributed by atoms with Crippen LogP contribution < -0.4 is 5.32 Å². The van der Waals surface area contributed by atoms with Crippen molar-refractivity contribution < 1.29 is 0 Å². The van der Waals surface area contributed by atoms with Crippen LogP contribution in [0.2, 0.25) is 0 Å². The summed E-state index contributed by atoms with van der Waals surface area (Å²) in [7, 11) is 0. The predicted molar refractivity (Wildman–Crippen MR) is 49.0 cm³/mol. The first kappa shape index (κ1) is 8.57. The number of rotatable bonds is 0. The summed E-state index contributed by atoms with van der Waals surface area (Å²) in [6.45, 7) is 8.66. The van der Waals surface area contributed by atoms with Crippen LogP contribution in [-0.4, -0.2) is 17.4 Å². The van der Waals surface area contributed by atoms with Gasteiger partial charge in [0, 0.05) is 18.0 Å². The van der Waals surface area contributed by atoms with E-state index < -0.39 is 0 Å². The van der Waals surface area contributed by atoms with E-state index >= 15 is 0 Å². The van der Waals surface area contributed by atoms with Crippen LogP contribution in [-0.2, 0) is 0 Å². The summed E-state index contributed by atoms with van der Waals surface area (Å²) in [6.07, 6.45) is 2.33. The van der Waals surface area contributed by atoms with Crippen molar-refractivity contribution >= 4 is 5.84 Å². The zero-order valence-corrected chi connectivity index (χ0v) is 7.94. The topological polar surface area (TPSA) is 24.4 Å². The fourth-order valence-electron chi connectivity index (χ4n) is 1.27. The lowest BCUT2D eigenvalue weighted by molar-refractivity contribution is 0.508. The Morgan fingerprint density at radius 2 is 2.09 bits per heavy atom. The van der Waals surface area contributed by atoms with E-state index in [1.54, 1.807) is 0 Å². The standard InChI is InChI=1S/C9H18N2/c1-7-5-6-8(10-7)11-9(2,3)4/h7H,5-6H2,1-4H3,(H,10,11). The van der Waals surface area contributed by atoms with Gasteiger partial charge in [-0.1, -0.05) is 0 Å². The lowest BCUT2D eigenvalue weighted by atomic mass is 10.1. The maximum Gasteiger partial charge on any atom is 0.0971 e. The molecule has 1 heterocycles. The van der Waals surface area contributed by atoms with E-state index in [4.69, 9.17) is 0 Å². The molecule has 0 bridgehead atoms. The van der Waals surface area contributed by atoms with Crippen LogP contribution in [0.25, 0.3) is 0 Å². The second-order valence-electron chi connectivity index (χ2n) is 4.34. The Morgan fingerprint density at radius 3 is 2.45 bits per heavy atom. The van der Waals surface area contributed by atoms with Gasteiger partial charge in [-0.2, -0.15) is 0 Å². The summed E-state index contributed by atoms with van der Waals surface area (Å²) in [5, 5.41) is 3.40. The maximum absolute atomic E-state index is 4.48. The molecule has 1 aliphatic heterocycles. The van der Waals surface area contributed by atoms with Gasteiger partial charge in [0.05, 0.1) is 5.84 Å². The zero-order valence-electron chi connectivity index (χ0n) is 7.94. The third-order valence-electron chi connectivity index (χ3n) is 1.69. The summed E-state index contributed by atoms with van der Waals surface area (Å²) in [4.78, 5) is 4.48. The number of amidine groups is 1. The SMILES string of the molecule is CC1CCC(NC(C)(C)C)=N1. The predicted octanol–water partition coefficient (Wildman–Crippen LogP) is 1.96. The van der Waals surface area contributed by atoms with Gasteiger partial charge < -0.3 is 5.32 Å². The molecule has 1 unspecified atom stereocenters. The van der Waals surface area contributed by atoms with Crippen molar-refractivity contribution in [2.75, 3.05) is 0 Å². The van der Waals surface area contributed by atoms with E-state index in [9.17, 15) is 0 Å². The first-order chi connectivity index (χ1) is 4.97. The van der Waals surface area contributed by atoms with Crippen LogP contribution in [0.5, 0.6) is 0 Å². The van der Waals surface area contributed by atoms with Crippen molar-refractivity contribution in [2.45, 2.75) is 52.1 Å². The van der Waals surface area contributed by atoms with Gasteiger partial charge in [-0.15, -0.1) is 0 Å². The summed E-state index contributed by atoms with van der Waals surface area (Å²) in [5.74, 6) is 1.19. The van der Waals surface area contributed by atoms with Crippen LogP contribution in [0.1, 0.15) is 40.5 Å². The summed E-state index contributed by atoms with van der Waals surface area (Å²) in [5.41, 5.74) is 0.170. The van der Waals surface area contributed by atoms with Gasteiger partial charge in [0.1, 0.15) is 0 Å². The molecule has 0 fully saturated rings. The number of nitrogens with zero attached hydrogens (tertiary/aromatic N) is 1. The monoisotopic (exact) mass is 154 g/mol. The van der Waals surface area contributed by atoms with Crippen molar-refractivity contribution in [1.82, 2.24) is 5.32 Å². The number of aliphatic imine (C=N–C) groups is 1. The van der Waals surface area contributed by atoms with Crippen molar-refractivity contribution in [3.63, 3.8) is 0 Å². The number of hydrogen-bond acceptors (Lipinski definition) is 2. The Labute approximate surface area is 69.1 Å². The van der Waals surface area contributed by atoms with Gasteiger partial charge in [-0.05, 0) is 34.1 Å². The minimum atomic E-state index is 0.170. The zero-order chi connectivity index (χ0) is 8.48. The van der Waals surface area contributed by atoms with E-state index in [1.807, 2.05) is 0 Å². The van der Waals surface area contributed by atoms with Gasteiger partial charge in [-0.25, -0.2) is 0 Å². The molecule has 0 saturated heterocycles. The molecule has 0 saturated carbocycles. The third kappa shape index (κ3) is 2.91. The van der Waals surface area contributed by atoms with Gasteiger partial charge in [-0.3, -0.25) is 4.99 Å².